The highest BCUT2D eigenvalue weighted by Gasteiger charge is 2.02. The average molecular weight is 474 g/mol. The van der Waals surface area contributed by atoms with Crippen LogP contribution in [0.3, 0.4) is 0 Å². The smallest absolute Gasteiger partial charge is 0.191 e. The molecule has 0 spiro atoms. The molecule has 0 unspecified atom stereocenters. The molecule has 0 fully saturated rings. The predicted octanol–water partition coefficient (Wildman–Crippen LogP) is 4.42. The van der Waals surface area contributed by atoms with Crippen LogP contribution in [0.4, 0.5) is 0 Å². The zero-order valence-electron chi connectivity index (χ0n) is 15.3. The second-order valence-electron chi connectivity index (χ2n) is 5.85. The number of nitrogens with zero attached hydrogens (tertiary/aromatic N) is 1. The summed E-state index contributed by atoms with van der Waals surface area (Å²) in [4.78, 5) is 8.03. The summed E-state index contributed by atoms with van der Waals surface area (Å²) in [6.45, 7) is 4.85. The van der Waals surface area contributed by atoms with Crippen LogP contribution < -0.4 is 10.6 Å². The van der Waals surface area contributed by atoms with E-state index in [1.165, 1.54) is 35.1 Å². The van der Waals surface area contributed by atoms with E-state index in [0.29, 0.717) is 0 Å². The zero-order valence-corrected chi connectivity index (χ0v) is 18.5. The third-order valence-electron chi connectivity index (χ3n) is 3.96. The van der Waals surface area contributed by atoms with E-state index in [-0.39, 0.29) is 24.0 Å². The van der Waals surface area contributed by atoms with Gasteiger partial charge in [0.2, 0.25) is 0 Å². The Morgan fingerprint density at radius 1 is 1.16 bits per heavy atom. The summed E-state index contributed by atoms with van der Waals surface area (Å²) in [6, 6.07) is 8.48. The fourth-order valence-electron chi connectivity index (χ4n) is 2.72. The zero-order chi connectivity index (χ0) is 17.0. The van der Waals surface area contributed by atoms with Crippen LogP contribution in [0.25, 0.3) is 10.9 Å². The first-order chi connectivity index (χ1) is 11.8. The van der Waals surface area contributed by atoms with Gasteiger partial charge in [0.05, 0.1) is 0 Å². The minimum Gasteiger partial charge on any atom is -0.361 e. The van der Waals surface area contributed by atoms with Crippen molar-refractivity contribution in [2.75, 3.05) is 31.6 Å². The molecule has 2 rings (SSSR count). The molecule has 2 aromatic rings. The average Bonchev–Trinajstić information content (AvgIpc) is 3.01. The van der Waals surface area contributed by atoms with Gasteiger partial charge >= 0.3 is 0 Å². The number of fused-ring (bicyclic) bond motifs is 1. The Labute approximate surface area is 173 Å². The molecule has 0 saturated heterocycles. The Morgan fingerprint density at radius 2 is 2.00 bits per heavy atom. The standard InChI is InChI=1S/C19H30N4S.HI/c1-3-20-19(21-12-6-7-14-24-2)22-13-8-9-16-15-23-18-11-5-4-10-17(16)18;/h4-5,10-11,15,23H,3,6-9,12-14H2,1-2H3,(H2,20,21,22);1H. The van der Waals surface area contributed by atoms with Crippen LogP contribution in [0.5, 0.6) is 0 Å². The summed E-state index contributed by atoms with van der Waals surface area (Å²) < 4.78 is 0. The maximum absolute atomic E-state index is 4.69. The number of nitrogens with one attached hydrogen (secondary N) is 3. The maximum Gasteiger partial charge on any atom is 0.191 e. The van der Waals surface area contributed by atoms with E-state index in [1.54, 1.807) is 0 Å². The Kier molecular flexibility index (Phi) is 11.8. The molecule has 0 radical (unpaired) electrons. The third kappa shape index (κ3) is 7.90. The quantitative estimate of drug-likeness (QED) is 0.207. The Hall–Kier alpha value is -0.890. The van der Waals surface area contributed by atoms with Crippen molar-refractivity contribution in [1.82, 2.24) is 15.6 Å². The summed E-state index contributed by atoms with van der Waals surface area (Å²) >= 11 is 1.91. The normalized spacial score (nSPS) is 11.4. The first kappa shape index (κ1) is 22.2. The first-order valence-corrected chi connectivity index (χ1v) is 10.3. The van der Waals surface area contributed by atoms with Gasteiger partial charge in [0.25, 0.3) is 0 Å². The minimum atomic E-state index is 0. The first-order valence-electron chi connectivity index (χ1n) is 8.91. The van der Waals surface area contributed by atoms with E-state index >= 15 is 0 Å². The molecule has 6 heteroatoms. The van der Waals surface area contributed by atoms with Gasteiger partial charge in [-0.25, -0.2) is 0 Å². The highest BCUT2D eigenvalue weighted by Crippen LogP contribution is 2.18. The Morgan fingerprint density at radius 3 is 2.80 bits per heavy atom. The molecule has 0 saturated carbocycles. The van der Waals surface area contributed by atoms with Crippen molar-refractivity contribution in [3.8, 4) is 0 Å². The monoisotopic (exact) mass is 474 g/mol. The summed E-state index contributed by atoms with van der Waals surface area (Å²) in [6.07, 6.45) is 8.86. The number of aromatic nitrogens is 1. The summed E-state index contributed by atoms with van der Waals surface area (Å²) in [7, 11) is 0. The van der Waals surface area contributed by atoms with Crippen molar-refractivity contribution >= 4 is 52.6 Å². The van der Waals surface area contributed by atoms with Gasteiger partial charge in [0, 0.05) is 36.7 Å². The molecule has 0 bridgehead atoms. The number of hydrogen-bond donors (Lipinski definition) is 3. The maximum atomic E-state index is 4.69. The molecule has 0 atom stereocenters. The van der Waals surface area contributed by atoms with Gasteiger partial charge in [-0.05, 0) is 56.2 Å². The van der Waals surface area contributed by atoms with Crippen LogP contribution in [-0.2, 0) is 6.42 Å². The molecule has 3 N–H and O–H groups in total. The summed E-state index contributed by atoms with van der Waals surface area (Å²) in [5.41, 5.74) is 2.60. The SMILES string of the molecule is CCNC(=NCCCc1c[nH]c2ccccc12)NCCCCSC.I. The number of guanidine groups is 1. The van der Waals surface area contributed by atoms with Gasteiger partial charge in [0.1, 0.15) is 0 Å². The highest BCUT2D eigenvalue weighted by atomic mass is 127. The molecule has 1 aromatic heterocycles. The van der Waals surface area contributed by atoms with Gasteiger partial charge in [-0.15, -0.1) is 24.0 Å². The molecule has 1 aromatic carbocycles. The molecule has 140 valence electrons. The minimum absolute atomic E-state index is 0. The van der Waals surface area contributed by atoms with E-state index in [0.717, 1.165) is 38.4 Å². The molecule has 0 aliphatic heterocycles. The van der Waals surface area contributed by atoms with E-state index in [9.17, 15) is 0 Å². The van der Waals surface area contributed by atoms with Gasteiger partial charge in [-0.3, -0.25) is 4.99 Å². The van der Waals surface area contributed by atoms with Crippen molar-refractivity contribution in [2.45, 2.75) is 32.6 Å². The van der Waals surface area contributed by atoms with E-state index in [2.05, 4.69) is 64.3 Å². The largest absolute Gasteiger partial charge is 0.361 e. The van der Waals surface area contributed by atoms with Crippen LogP contribution in [0.2, 0.25) is 0 Å². The predicted molar refractivity (Wildman–Crippen MR) is 124 cm³/mol. The fraction of sp³-hybridized carbons (Fsp3) is 0.526. The second kappa shape index (κ2) is 13.3. The number of aliphatic imine (C=N–C) groups is 1. The van der Waals surface area contributed by atoms with Crippen LogP contribution in [0.1, 0.15) is 31.7 Å². The van der Waals surface area contributed by atoms with Gasteiger partial charge in [-0.1, -0.05) is 18.2 Å². The van der Waals surface area contributed by atoms with Gasteiger partial charge < -0.3 is 15.6 Å². The van der Waals surface area contributed by atoms with Crippen LogP contribution in [-0.4, -0.2) is 42.6 Å². The molecule has 0 amide bonds. The lowest BCUT2D eigenvalue weighted by atomic mass is 10.1. The number of aromatic amines is 1. The van der Waals surface area contributed by atoms with Crippen LogP contribution in [0.15, 0.2) is 35.5 Å². The number of H-pyrrole nitrogens is 1. The van der Waals surface area contributed by atoms with Crippen LogP contribution in [0, 0.1) is 0 Å². The van der Waals surface area contributed by atoms with Crippen molar-refractivity contribution < 1.29 is 0 Å². The molecule has 1 heterocycles. The van der Waals surface area contributed by atoms with E-state index in [4.69, 9.17) is 0 Å². The molecular formula is C19H31IN4S. The number of aryl methyl sites for hydroxylation is 1. The van der Waals surface area contributed by atoms with Crippen molar-refractivity contribution in [2.24, 2.45) is 4.99 Å². The number of para-hydroxylation sites is 1. The van der Waals surface area contributed by atoms with E-state index in [1.807, 2.05) is 11.8 Å². The van der Waals surface area contributed by atoms with Gasteiger partial charge in [0.15, 0.2) is 5.96 Å². The van der Waals surface area contributed by atoms with E-state index < -0.39 is 0 Å². The lowest BCUT2D eigenvalue weighted by molar-refractivity contribution is 0.729. The fourth-order valence-corrected chi connectivity index (χ4v) is 3.21. The summed E-state index contributed by atoms with van der Waals surface area (Å²) in [5.74, 6) is 2.18. The van der Waals surface area contributed by atoms with Gasteiger partial charge in [-0.2, -0.15) is 11.8 Å². The van der Waals surface area contributed by atoms with Crippen molar-refractivity contribution in [3.63, 3.8) is 0 Å². The lowest BCUT2D eigenvalue weighted by Crippen LogP contribution is -2.37. The molecule has 0 aliphatic rings. The molecule has 0 aliphatic carbocycles. The van der Waals surface area contributed by atoms with Crippen molar-refractivity contribution in [3.05, 3.63) is 36.0 Å². The van der Waals surface area contributed by atoms with Crippen molar-refractivity contribution in [1.29, 1.82) is 0 Å². The number of halogens is 1. The number of rotatable bonds is 10. The topological polar surface area (TPSA) is 52.2 Å². The molecule has 25 heavy (non-hydrogen) atoms. The van der Waals surface area contributed by atoms with Crippen LogP contribution >= 0.6 is 35.7 Å². The highest BCUT2D eigenvalue weighted by molar-refractivity contribution is 14.0. The third-order valence-corrected chi connectivity index (χ3v) is 4.66. The summed E-state index contributed by atoms with van der Waals surface area (Å²) in [5, 5.41) is 8.08. The Balaban J connectivity index is 0.00000312. The molecular weight excluding hydrogens is 443 g/mol. The second-order valence-corrected chi connectivity index (χ2v) is 6.84. The number of thioether (sulfide) groups is 1. The number of hydrogen-bond acceptors (Lipinski definition) is 2. The molecule has 4 nitrogen and oxygen atoms in total. The lowest BCUT2D eigenvalue weighted by Gasteiger charge is -2.11. The number of unbranched alkanes of at least 4 members (excludes halogenated alkanes) is 1. The Bertz CT molecular complexity index is 627. The number of benzene rings is 1.